The van der Waals surface area contributed by atoms with Gasteiger partial charge in [0, 0.05) is 5.54 Å². The van der Waals surface area contributed by atoms with Crippen molar-refractivity contribution in [2.45, 2.75) is 88.2 Å². The van der Waals surface area contributed by atoms with E-state index in [4.69, 9.17) is 9.47 Å². The molecule has 4 nitrogen and oxygen atoms in total. The van der Waals surface area contributed by atoms with Gasteiger partial charge in [-0.15, -0.1) is 0 Å². The van der Waals surface area contributed by atoms with Crippen LogP contribution in [0.15, 0.2) is 78.9 Å². The Kier molecular flexibility index (Phi) is 7.73. The molecule has 1 aliphatic heterocycles. The van der Waals surface area contributed by atoms with Crippen molar-refractivity contribution >= 4 is 11.0 Å². The second-order valence-electron chi connectivity index (χ2n) is 11.6. The van der Waals surface area contributed by atoms with Gasteiger partial charge in [-0.05, 0) is 101 Å². The van der Waals surface area contributed by atoms with Crippen molar-refractivity contribution in [3.05, 3.63) is 95.6 Å². The van der Waals surface area contributed by atoms with Crippen LogP contribution < -0.4 is 14.2 Å². The van der Waals surface area contributed by atoms with Gasteiger partial charge in [0.15, 0.2) is 0 Å². The number of benzene rings is 3. The first-order chi connectivity index (χ1) is 17.8. The van der Waals surface area contributed by atoms with E-state index in [1.165, 1.54) is 16.7 Å². The highest BCUT2D eigenvalue weighted by Gasteiger charge is 2.39. The molecule has 1 fully saturated rings. The summed E-state index contributed by atoms with van der Waals surface area (Å²) in [5.74, 6) is 1.89. The van der Waals surface area contributed by atoms with Crippen LogP contribution in [0.2, 0.25) is 0 Å². The summed E-state index contributed by atoms with van der Waals surface area (Å²) in [6, 6.07) is 27.3. The van der Waals surface area contributed by atoms with Gasteiger partial charge in [-0.25, -0.2) is 8.93 Å². The summed E-state index contributed by atoms with van der Waals surface area (Å²) >= 11 is 0. The lowest BCUT2D eigenvalue weighted by Gasteiger charge is -2.42. The van der Waals surface area contributed by atoms with Gasteiger partial charge < -0.3 is 9.47 Å². The Morgan fingerprint density at radius 2 is 1.62 bits per heavy atom. The molecule has 0 amide bonds. The molecule has 37 heavy (non-hydrogen) atoms. The van der Waals surface area contributed by atoms with E-state index in [9.17, 15) is 4.21 Å². The lowest BCUT2D eigenvalue weighted by molar-refractivity contribution is 0.111. The van der Waals surface area contributed by atoms with E-state index in [0.717, 1.165) is 56.4 Å². The monoisotopic (exact) mass is 517 g/mol. The van der Waals surface area contributed by atoms with Crippen LogP contribution in [0.25, 0.3) is 0 Å². The van der Waals surface area contributed by atoms with E-state index in [1.807, 2.05) is 39.0 Å². The van der Waals surface area contributed by atoms with Gasteiger partial charge in [-0.3, -0.25) is 0 Å². The molecule has 5 heteroatoms. The Labute approximate surface area is 224 Å². The van der Waals surface area contributed by atoms with Gasteiger partial charge in [0.2, 0.25) is 0 Å². The molecule has 1 N–H and O–H groups in total. The number of fused-ring (bicyclic) bond motifs is 1. The van der Waals surface area contributed by atoms with Crippen LogP contribution >= 0.6 is 0 Å². The second kappa shape index (κ2) is 11.0. The predicted molar refractivity (Wildman–Crippen MR) is 151 cm³/mol. The van der Waals surface area contributed by atoms with Gasteiger partial charge in [0.25, 0.3) is 0 Å². The molecule has 0 aromatic heterocycles. The number of rotatable bonds is 7. The van der Waals surface area contributed by atoms with Crippen LogP contribution in [0.4, 0.5) is 0 Å². The zero-order valence-electron chi connectivity index (χ0n) is 22.2. The zero-order chi connectivity index (χ0) is 25.9. The molecule has 196 valence electrons. The summed E-state index contributed by atoms with van der Waals surface area (Å²) < 4.78 is 29.2. The third-order valence-corrected chi connectivity index (χ3v) is 9.32. The molecule has 0 radical (unpaired) electrons. The largest absolute Gasteiger partial charge is 0.490 e. The minimum atomic E-state index is -1.12. The maximum atomic E-state index is 13.1. The predicted octanol–water partition coefficient (Wildman–Crippen LogP) is 7.11. The minimum Gasteiger partial charge on any atom is -0.490 e. The number of hydrogen-bond donors (Lipinski definition) is 1. The molecule has 2 unspecified atom stereocenters. The van der Waals surface area contributed by atoms with E-state index in [0.29, 0.717) is 0 Å². The molecule has 2 aliphatic rings. The summed E-state index contributed by atoms with van der Waals surface area (Å²) in [7, 11) is -1.12. The van der Waals surface area contributed by atoms with Gasteiger partial charge >= 0.3 is 0 Å². The van der Waals surface area contributed by atoms with Crippen LogP contribution in [0.1, 0.15) is 75.7 Å². The molecule has 0 spiro atoms. The van der Waals surface area contributed by atoms with E-state index >= 15 is 0 Å². The van der Waals surface area contributed by atoms with E-state index in [1.54, 1.807) is 0 Å². The van der Waals surface area contributed by atoms with E-state index in [-0.39, 0.29) is 22.5 Å². The van der Waals surface area contributed by atoms with E-state index in [2.05, 4.69) is 65.4 Å². The van der Waals surface area contributed by atoms with E-state index < -0.39 is 11.0 Å². The molecule has 1 heterocycles. The molecule has 1 saturated carbocycles. The lowest BCUT2D eigenvalue weighted by Crippen LogP contribution is -2.54. The fraction of sp³-hybridized carbons (Fsp3) is 0.438. The molecular weight excluding hydrogens is 478 g/mol. The van der Waals surface area contributed by atoms with Crippen molar-refractivity contribution in [2.75, 3.05) is 0 Å². The zero-order valence-corrected chi connectivity index (χ0v) is 23.1. The molecule has 2 atom stereocenters. The van der Waals surface area contributed by atoms with Gasteiger partial charge in [0.1, 0.15) is 17.6 Å². The Hall–Kier alpha value is -2.63. The number of hydrogen-bond acceptors (Lipinski definition) is 3. The van der Waals surface area contributed by atoms with Gasteiger partial charge in [-0.2, -0.15) is 0 Å². The topological polar surface area (TPSA) is 47.6 Å². The Morgan fingerprint density at radius 3 is 2.30 bits per heavy atom. The number of ether oxygens (including phenoxy) is 2. The first-order valence-corrected chi connectivity index (χ1v) is 14.7. The Balaban J connectivity index is 1.23. The average Bonchev–Trinajstić information content (AvgIpc) is 2.90. The minimum absolute atomic E-state index is 0.114. The van der Waals surface area contributed by atoms with Crippen molar-refractivity contribution in [3.63, 3.8) is 0 Å². The SMILES string of the molecule is CC(C)(C)S(=O)NC1(Cc2ccccc2)CCC(Oc2ccc3c(c2)CCC(c2ccccc2)O3)CC1. The highest BCUT2D eigenvalue weighted by Crippen LogP contribution is 2.39. The summed E-state index contributed by atoms with van der Waals surface area (Å²) in [6.45, 7) is 6.09. The fourth-order valence-corrected chi connectivity index (χ4v) is 6.42. The van der Waals surface area contributed by atoms with Crippen LogP contribution in [-0.2, 0) is 23.8 Å². The summed E-state index contributed by atoms with van der Waals surface area (Å²) in [5.41, 5.74) is 3.55. The summed E-state index contributed by atoms with van der Waals surface area (Å²) in [5, 5.41) is 0. The molecule has 1 aliphatic carbocycles. The van der Waals surface area contributed by atoms with Crippen LogP contribution in [0, 0.1) is 0 Å². The first kappa shape index (κ1) is 26.0. The average molecular weight is 518 g/mol. The van der Waals surface area contributed by atoms with Crippen molar-refractivity contribution in [1.82, 2.24) is 4.72 Å². The van der Waals surface area contributed by atoms with Crippen LogP contribution in [0.5, 0.6) is 11.5 Å². The fourth-order valence-electron chi connectivity index (χ4n) is 5.45. The molecular formula is C32H39NO3S. The van der Waals surface area contributed by atoms with Gasteiger partial charge in [0.05, 0.1) is 21.8 Å². The standard InChI is InChI=1S/C32H39NO3S/c1-31(2,3)37(34)33-32(23-24-10-6-4-7-11-24)20-18-27(19-21-32)35-28-15-17-30-26(22-28)14-16-29(36-30)25-12-8-5-9-13-25/h4-13,15,17,22,27,29,33H,14,16,18-21,23H2,1-3H3. The van der Waals surface area contributed by atoms with Gasteiger partial charge in [-0.1, -0.05) is 60.7 Å². The second-order valence-corrected chi connectivity index (χ2v) is 13.5. The molecule has 3 aromatic rings. The van der Waals surface area contributed by atoms with Crippen molar-refractivity contribution < 1.29 is 13.7 Å². The molecule has 0 bridgehead atoms. The maximum Gasteiger partial charge on any atom is 0.124 e. The third-order valence-electron chi connectivity index (χ3n) is 7.59. The summed E-state index contributed by atoms with van der Waals surface area (Å²) in [6.07, 6.45) is 6.84. The van der Waals surface area contributed by atoms with Crippen molar-refractivity contribution in [1.29, 1.82) is 0 Å². The Morgan fingerprint density at radius 1 is 0.946 bits per heavy atom. The molecule has 3 aromatic carbocycles. The van der Waals surface area contributed by atoms with Crippen molar-refractivity contribution in [3.8, 4) is 11.5 Å². The first-order valence-electron chi connectivity index (χ1n) is 13.5. The molecule has 5 rings (SSSR count). The highest BCUT2D eigenvalue weighted by molar-refractivity contribution is 7.84. The maximum absolute atomic E-state index is 13.1. The number of nitrogens with one attached hydrogen (secondary N) is 1. The quantitative estimate of drug-likeness (QED) is 0.363. The molecule has 0 saturated heterocycles. The van der Waals surface area contributed by atoms with Crippen LogP contribution in [-0.4, -0.2) is 20.6 Å². The Bertz CT molecular complexity index is 1200. The normalized spacial score (nSPS) is 24.5. The summed E-state index contributed by atoms with van der Waals surface area (Å²) in [4.78, 5) is 0. The lowest BCUT2D eigenvalue weighted by atomic mass is 9.77. The third kappa shape index (κ3) is 6.45. The smallest absolute Gasteiger partial charge is 0.124 e. The number of aryl methyl sites for hydroxylation is 1. The highest BCUT2D eigenvalue weighted by atomic mass is 32.2. The van der Waals surface area contributed by atoms with Crippen LogP contribution in [0.3, 0.4) is 0 Å². The van der Waals surface area contributed by atoms with Crippen molar-refractivity contribution in [2.24, 2.45) is 0 Å².